The summed E-state index contributed by atoms with van der Waals surface area (Å²) in [6.45, 7) is 9.53. The van der Waals surface area contributed by atoms with Crippen molar-refractivity contribution in [2.75, 3.05) is 21.3 Å². The minimum atomic E-state index is 0.202. The van der Waals surface area contributed by atoms with Crippen LogP contribution in [0.5, 0.6) is 11.5 Å². The van der Waals surface area contributed by atoms with Gasteiger partial charge in [0.2, 0.25) is 0 Å². The Morgan fingerprint density at radius 3 is 2.71 bits per heavy atom. The van der Waals surface area contributed by atoms with Gasteiger partial charge in [0, 0.05) is 36.0 Å². The average Bonchev–Trinajstić information content (AvgIpc) is 2.93. The number of aryl methyl sites for hydroxylation is 1. The predicted octanol–water partition coefficient (Wildman–Crippen LogP) is 3.59. The SMILES string of the molecule is C=CCn1cc(CN(C)[C@H](C)c2ccc(OC)cc2OC)c(C)n1. The van der Waals surface area contributed by atoms with Crippen LogP contribution < -0.4 is 9.47 Å². The second-order valence-corrected chi connectivity index (χ2v) is 5.95. The molecule has 2 rings (SSSR count). The number of allylic oxidation sites excluding steroid dienone is 1. The fourth-order valence-corrected chi connectivity index (χ4v) is 2.75. The van der Waals surface area contributed by atoms with Gasteiger partial charge in [-0.1, -0.05) is 12.1 Å². The van der Waals surface area contributed by atoms with Gasteiger partial charge in [-0.25, -0.2) is 0 Å². The highest BCUT2D eigenvalue weighted by atomic mass is 16.5. The predicted molar refractivity (Wildman–Crippen MR) is 96.6 cm³/mol. The monoisotopic (exact) mass is 329 g/mol. The lowest BCUT2D eigenvalue weighted by atomic mass is 10.0. The lowest BCUT2D eigenvalue weighted by molar-refractivity contribution is 0.246. The van der Waals surface area contributed by atoms with E-state index in [1.807, 2.05) is 29.8 Å². The Bertz CT molecular complexity index is 694. The number of aromatic nitrogens is 2. The first-order valence-electron chi connectivity index (χ1n) is 8.06. The second-order valence-electron chi connectivity index (χ2n) is 5.95. The fourth-order valence-electron chi connectivity index (χ4n) is 2.75. The minimum Gasteiger partial charge on any atom is -0.497 e. The molecule has 0 bridgehead atoms. The van der Waals surface area contributed by atoms with Crippen molar-refractivity contribution >= 4 is 0 Å². The first-order chi connectivity index (χ1) is 11.5. The van der Waals surface area contributed by atoms with Crippen LogP contribution in [0.2, 0.25) is 0 Å². The first-order valence-corrected chi connectivity index (χ1v) is 8.06. The van der Waals surface area contributed by atoms with E-state index in [-0.39, 0.29) is 6.04 Å². The van der Waals surface area contributed by atoms with Crippen molar-refractivity contribution in [3.63, 3.8) is 0 Å². The van der Waals surface area contributed by atoms with Crippen molar-refractivity contribution in [2.45, 2.75) is 33.0 Å². The summed E-state index contributed by atoms with van der Waals surface area (Å²) in [7, 11) is 5.46. The van der Waals surface area contributed by atoms with Crippen molar-refractivity contribution in [2.24, 2.45) is 0 Å². The van der Waals surface area contributed by atoms with Gasteiger partial charge in [0.25, 0.3) is 0 Å². The molecule has 0 saturated carbocycles. The molecule has 0 amide bonds. The highest BCUT2D eigenvalue weighted by Crippen LogP contribution is 2.32. The van der Waals surface area contributed by atoms with Crippen LogP contribution in [0.3, 0.4) is 0 Å². The molecule has 130 valence electrons. The zero-order chi connectivity index (χ0) is 17.7. The third-order valence-electron chi connectivity index (χ3n) is 4.34. The van der Waals surface area contributed by atoms with Crippen molar-refractivity contribution in [1.29, 1.82) is 0 Å². The Labute approximate surface area is 144 Å². The molecule has 0 aliphatic carbocycles. The molecule has 1 aromatic carbocycles. The first kappa shape index (κ1) is 18.1. The molecule has 24 heavy (non-hydrogen) atoms. The molecule has 0 saturated heterocycles. The summed E-state index contributed by atoms with van der Waals surface area (Å²) >= 11 is 0. The molecule has 1 aromatic heterocycles. The molecule has 1 heterocycles. The van der Waals surface area contributed by atoms with E-state index in [4.69, 9.17) is 9.47 Å². The molecule has 0 aliphatic rings. The van der Waals surface area contributed by atoms with E-state index in [0.29, 0.717) is 0 Å². The second kappa shape index (κ2) is 8.02. The number of rotatable bonds is 8. The van der Waals surface area contributed by atoms with Crippen LogP contribution in [-0.2, 0) is 13.1 Å². The summed E-state index contributed by atoms with van der Waals surface area (Å²) in [6, 6.07) is 6.16. The number of methoxy groups -OCH3 is 2. The van der Waals surface area contributed by atoms with Gasteiger partial charge in [-0.15, -0.1) is 6.58 Å². The zero-order valence-electron chi connectivity index (χ0n) is 15.2. The molecule has 1 atom stereocenters. The lowest BCUT2D eigenvalue weighted by Gasteiger charge is -2.26. The van der Waals surface area contributed by atoms with Crippen LogP contribution >= 0.6 is 0 Å². The number of benzene rings is 1. The summed E-state index contributed by atoms with van der Waals surface area (Å²) in [5.74, 6) is 1.64. The van der Waals surface area contributed by atoms with Crippen LogP contribution in [-0.4, -0.2) is 35.9 Å². The number of nitrogens with zero attached hydrogens (tertiary/aromatic N) is 3. The van der Waals surface area contributed by atoms with Crippen molar-refractivity contribution in [3.8, 4) is 11.5 Å². The minimum absolute atomic E-state index is 0.202. The van der Waals surface area contributed by atoms with Gasteiger partial charge in [-0.05, 0) is 27.0 Å². The molecule has 5 nitrogen and oxygen atoms in total. The van der Waals surface area contributed by atoms with Crippen molar-refractivity contribution in [1.82, 2.24) is 14.7 Å². The molecule has 0 unspecified atom stereocenters. The lowest BCUT2D eigenvalue weighted by Crippen LogP contribution is -2.22. The fraction of sp³-hybridized carbons (Fsp3) is 0.421. The number of ether oxygens (including phenoxy) is 2. The van der Waals surface area contributed by atoms with Crippen LogP contribution in [0.1, 0.15) is 29.8 Å². The maximum atomic E-state index is 5.53. The largest absolute Gasteiger partial charge is 0.497 e. The summed E-state index contributed by atoms with van der Waals surface area (Å²) in [4.78, 5) is 2.28. The van der Waals surface area contributed by atoms with Gasteiger partial charge in [-0.3, -0.25) is 9.58 Å². The third-order valence-corrected chi connectivity index (χ3v) is 4.34. The number of hydrogen-bond acceptors (Lipinski definition) is 4. The smallest absolute Gasteiger partial charge is 0.127 e. The molecule has 5 heteroatoms. The highest BCUT2D eigenvalue weighted by Gasteiger charge is 2.18. The normalized spacial score (nSPS) is 12.2. The Kier molecular flexibility index (Phi) is 6.04. The van der Waals surface area contributed by atoms with E-state index in [0.717, 1.165) is 35.8 Å². The van der Waals surface area contributed by atoms with E-state index >= 15 is 0 Å². The van der Waals surface area contributed by atoms with Gasteiger partial charge in [0.15, 0.2) is 0 Å². The summed E-state index contributed by atoms with van der Waals surface area (Å²) < 4.78 is 12.7. The zero-order valence-corrected chi connectivity index (χ0v) is 15.2. The van der Waals surface area contributed by atoms with Crippen molar-refractivity contribution in [3.05, 3.63) is 53.9 Å². The molecule has 2 aromatic rings. The molecule has 0 fully saturated rings. The standard InChI is InChI=1S/C19H27N3O2/c1-7-10-22-13-16(14(2)20-22)12-21(4)15(3)18-9-8-17(23-5)11-19(18)24-6/h7-9,11,13,15H,1,10,12H2,2-6H3/t15-/m1/s1. The Morgan fingerprint density at radius 2 is 2.08 bits per heavy atom. The van der Waals surface area contributed by atoms with E-state index in [1.165, 1.54) is 5.56 Å². The maximum Gasteiger partial charge on any atom is 0.127 e. The van der Waals surface area contributed by atoms with Gasteiger partial charge in [-0.2, -0.15) is 5.10 Å². The van der Waals surface area contributed by atoms with E-state index in [9.17, 15) is 0 Å². The molecule has 0 aliphatic heterocycles. The van der Waals surface area contributed by atoms with Crippen molar-refractivity contribution < 1.29 is 9.47 Å². The Hall–Kier alpha value is -2.27. The molecule has 0 radical (unpaired) electrons. The van der Waals surface area contributed by atoms with Gasteiger partial charge < -0.3 is 9.47 Å². The number of hydrogen-bond donors (Lipinski definition) is 0. The van der Waals surface area contributed by atoms with Crippen LogP contribution in [0.15, 0.2) is 37.1 Å². The summed E-state index contributed by atoms with van der Waals surface area (Å²) in [5, 5.41) is 4.52. The topological polar surface area (TPSA) is 39.5 Å². The molecule has 0 spiro atoms. The molecular formula is C19H27N3O2. The van der Waals surface area contributed by atoms with E-state index in [1.54, 1.807) is 14.2 Å². The van der Waals surface area contributed by atoms with Crippen LogP contribution in [0, 0.1) is 6.92 Å². The van der Waals surface area contributed by atoms with Crippen LogP contribution in [0.25, 0.3) is 0 Å². The maximum absolute atomic E-state index is 5.53. The summed E-state index contributed by atoms with van der Waals surface area (Å²) in [5.41, 5.74) is 3.41. The van der Waals surface area contributed by atoms with Gasteiger partial charge in [0.05, 0.1) is 26.5 Å². The average molecular weight is 329 g/mol. The Balaban J connectivity index is 2.17. The Morgan fingerprint density at radius 1 is 1.33 bits per heavy atom. The van der Waals surface area contributed by atoms with Gasteiger partial charge in [0.1, 0.15) is 11.5 Å². The summed E-state index contributed by atoms with van der Waals surface area (Å²) in [6.07, 6.45) is 3.94. The van der Waals surface area contributed by atoms with Gasteiger partial charge >= 0.3 is 0 Å². The van der Waals surface area contributed by atoms with Crippen LogP contribution in [0.4, 0.5) is 0 Å². The molecular weight excluding hydrogens is 302 g/mol. The van der Waals surface area contributed by atoms with E-state index < -0.39 is 0 Å². The highest BCUT2D eigenvalue weighted by molar-refractivity contribution is 5.42. The quantitative estimate of drug-likeness (QED) is 0.694. The third kappa shape index (κ3) is 3.97. The van der Waals surface area contributed by atoms with E-state index in [2.05, 4.69) is 42.8 Å². The molecule has 0 N–H and O–H groups in total.